The highest BCUT2D eigenvalue weighted by Crippen LogP contribution is 2.48. The molecule has 0 bridgehead atoms. The second kappa shape index (κ2) is 6.68. The molecule has 6 heteroatoms. The van der Waals surface area contributed by atoms with Crippen LogP contribution in [0.3, 0.4) is 0 Å². The summed E-state index contributed by atoms with van der Waals surface area (Å²) in [4.78, 5) is 24.7. The summed E-state index contributed by atoms with van der Waals surface area (Å²) < 4.78 is 0. The molecule has 0 N–H and O–H groups in total. The first-order valence-corrected chi connectivity index (χ1v) is 9.93. The minimum absolute atomic E-state index is 0.00782. The summed E-state index contributed by atoms with van der Waals surface area (Å²) in [6, 6.07) is 10.2. The number of aromatic nitrogens is 1. The number of hydrogen-bond donors (Lipinski definition) is 0. The van der Waals surface area contributed by atoms with Crippen molar-refractivity contribution >= 4 is 40.4 Å². The highest BCUT2D eigenvalue weighted by molar-refractivity contribution is 7.81. The van der Waals surface area contributed by atoms with E-state index < -0.39 is 5.54 Å². The van der Waals surface area contributed by atoms with Crippen molar-refractivity contribution in [1.29, 1.82) is 0 Å². The predicted octanol–water partition coefficient (Wildman–Crippen LogP) is 5.13. The van der Waals surface area contributed by atoms with Gasteiger partial charge in [0.2, 0.25) is 0 Å². The molecule has 28 heavy (non-hydrogen) atoms. The van der Waals surface area contributed by atoms with Crippen LogP contribution in [0.25, 0.3) is 4.85 Å². The molecule has 1 aromatic carbocycles. The molecule has 2 aliphatic rings. The number of amides is 1. The molecule has 2 aromatic rings. The van der Waals surface area contributed by atoms with Gasteiger partial charge in [-0.15, -0.1) is 4.98 Å². The second-order valence-corrected chi connectivity index (χ2v) is 8.20. The van der Waals surface area contributed by atoms with Gasteiger partial charge in [-0.05, 0) is 73.6 Å². The summed E-state index contributed by atoms with van der Waals surface area (Å²) in [5.74, 6) is 0.805. The Morgan fingerprint density at radius 3 is 2.39 bits per heavy atom. The van der Waals surface area contributed by atoms with E-state index in [0.717, 1.165) is 30.5 Å². The number of pyridine rings is 1. The molecule has 1 spiro atoms. The lowest BCUT2D eigenvalue weighted by molar-refractivity contribution is -0.123. The van der Waals surface area contributed by atoms with Gasteiger partial charge in [0, 0.05) is 5.69 Å². The molecule has 2 heterocycles. The highest BCUT2D eigenvalue weighted by atomic mass is 32.1. The smallest absolute Gasteiger partial charge is 0.272 e. The Kier molecular flexibility index (Phi) is 4.43. The van der Waals surface area contributed by atoms with E-state index in [-0.39, 0.29) is 5.91 Å². The van der Waals surface area contributed by atoms with Crippen molar-refractivity contribution in [3.8, 4) is 0 Å². The third-order valence-corrected chi connectivity index (χ3v) is 6.18. The normalized spacial score (nSPS) is 18.0. The number of thiocarbonyl (C=S) groups is 1. The second-order valence-electron chi connectivity index (χ2n) is 7.84. The molecule has 1 saturated carbocycles. The summed E-state index contributed by atoms with van der Waals surface area (Å²) in [5.41, 5.74) is 2.99. The van der Waals surface area contributed by atoms with Gasteiger partial charge in [0.1, 0.15) is 11.7 Å². The van der Waals surface area contributed by atoms with E-state index in [1.54, 1.807) is 11.1 Å². The van der Waals surface area contributed by atoms with Crippen molar-refractivity contribution in [2.75, 3.05) is 9.80 Å². The Balaban J connectivity index is 1.76. The van der Waals surface area contributed by atoms with Crippen LogP contribution in [-0.2, 0) is 4.79 Å². The number of carbonyl (C=O) groups excluding carboxylic acids is 1. The molecule has 1 saturated heterocycles. The number of nitrogens with zero attached hydrogens (tertiary/aromatic N) is 4. The molecule has 1 aromatic heterocycles. The molecule has 0 unspecified atom stereocenters. The standard InChI is InChI=1S/C22H22N4OS/c1-14(2)16-6-8-17(9-7-16)26-21(28)25(20(27)22(26)10-5-11-22)18-12-15(3)19(23-4)24-13-18/h6-9,12-14H,5,10-11H2,1-3H3. The Bertz CT molecular complexity index is 1000. The maximum atomic E-state index is 13.5. The van der Waals surface area contributed by atoms with Crippen LogP contribution in [0.1, 0.15) is 50.2 Å². The van der Waals surface area contributed by atoms with Crippen molar-refractivity contribution in [2.24, 2.45) is 0 Å². The summed E-state index contributed by atoms with van der Waals surface area (Å²) in [6.07, 6.45) is 4.17. The highest BCUT2D eigenvalue weighted by Gasteiger charge is 2.59. The van der Waals surface area contributed by atoms with Gasteiger partial charge >= 0.3 is 0 Å². The average molecular weight is 391 g/mol. The fourth-order valence-corrected chi connectivity index (χ4v) is 4.48. The monoisotopic (exact) mass is 390 g/mol. The number of aryl methyl sites for hydroxylation is 1. The zero-order valence-electron chi connectivity index (χ0n) is 16.3. The molecule has 5 nitrogen and oxygen atoms in total. The zero-order valence-corrected chi connectivity index (χ0v) is 17.1. The van der Waals surface area contributed by atoms with Crippen LogP contribution in [0.15, 0.2) is 36.5 Å². The summed E-state index contributed by atoms with van der Waals surface area (Å²) in [6.45, 7) is 13.3. The van der Waals surface area contributed by atoms with Gasteiger partial charge < -0.3 is 9.74 Å². The van der Waals surface area contributed by atoms with E-state index in [0.29, 0.717) is 22.5 Å². The molecule has 1 amide bonds. The minimum Gasteiger partial charge on any atom is -0.360 e. The van der Waals surface area contributed by atoms with Crippen LogP contribution >= 0.6 is 12.2 Å². The van der Waals surface area contributed by atoms with E-state index in [1.165, 1.54) is 5.56 Å². The van der Waals surface area contributed by atoms with Crippen molar-refractivity contribution in [3.63, 3.8) is 0 Å². The van der Waals surface area contributed by atoms with E-state index in [2.05, 4.69) is 47.9 Å². The van der Waals surface area contributed by atoms with E-state index in [4.69, 9.17) is 18.8 Å². The molecular weight excluding hydrogens is 368 g/mol. The molecule has 4 rings (SSSR count). The first-order chi connectivity index (χ1) is 13.4. The first kappa shape index (κ1) is 18.6. The van der Waals surface area contributed by atoms with Crippen LogP contribution in [0, 0.1) is 13.5 Å². The predicted molar refractivity (Wildman–Crippen MR) is 115 cm³/mol. The van der Waals surface area contributed by atoms with Crippen LogP contribution in [0.4, 0.5) is 17.2 Å². The van der Waals surface area contributed by atoms with Crippen LogP contribution in [0.2, 0.25) is 0 Å². The van der Waals surface area contributed by atoms with Gasteiger partial charge in [-0.25, -0.2) is 0 Å². The largest absolute Gasteiger partial charge is 0.360 e. The summed E-state index contributed by atoms with van der Waals surface area (Å²) >= 11 is 5.78. The topological polar surface area (TPSA) is 40.8 Å². The lowest BCUT2D eigenvalue weighted by Crippen LogP contribution is -2.55. The summed E-state index contributed by atoms with van der Waals surface area (Å²) in [7, 11) is 0. The SMILES string of the molecule is [C-]#[N+]c1ncc(N2C(=O)C3(CCC3)N(c3ccc(C(C)C)cc3)C2=S)cc1C. The quantitative estimate of drug-likeness (QED) is 0.538. The average Bonchev–Trinajstić information content (AvgIpc) is 2.88. The van der Waals surface area contributed by atoms with E-state index in [9.17, 15) is 4.79 Å². The molecule has 1 aliphatic heterocycles. The van der Waals surface area contributed by atoms with E-state index in [1.807, 2.05) is 17.9 Å². The Labute approximate surface area is 170 Å². The summed E-state index contributed by atoms with van der Waals surface area (Å²) in [5, 5.41) is 0.485. The third kappa shape index (κ3) is 2.61. The van der Waals surface area contributed by atoms with Gasteiger partial charge in [0.05, 0.1) is 5.69 Å². The number of hydrogen-bond acceptors (Lipinski definition) is 3. The van der Waals surface area contributed by atoms with Crippen LogP contribution in [-0.4, -0.2) is 21.5 Å². The maximum Gasteiger partial charge on any atom is 0.272 e. The third-order valence-electron chi connectivity index (χ3n) is 5.81. The molecule has 2 fully saturated rings. The molecule has 142 valence electrons. The molecule has 0 atom stereocenters. The minimum atomic E-state index is -0.594. The number of anilines is 2. The van der Waals surface area contributed by atoms with Gasteiger partial charge in [-0.1, -0.05) is 32.6 Å². The maximum absolute atomic E-state index is 13.5. The van der Waals surface area contributed by atoms with Crippen LogP contribution < -0.4 is 9.80 Å². The van der Waals surface area contributed by atoms with Crippen molar-refractivity contribution in [2.45, 2.75) is 51.5 Å². The van der Waals surface area contributed by atoms with Crippen molar-refractivity contribution in [1.82, 2.24) is 4.98 Å². The van der Waals surface area contributed by atoms with Gasteiger partial charge in [-0.2, -0.15) is 0 Å². The van der Waals surface area contributed by atoms with Gasteiger partial charge in [0.25, 0.3) is 11.7 Å². The van der Waals surface area contributed by atoms with Gasteiger partial charge in [0.15, 0.2) is 5.11 Å². The molecule has 1 aliphatic carbocycles. The number of benzene rings is 1. The fraction of sp³-hybridized carbons (Fsp3) is 0.364. The zero-order chi connectivity index (χ0) is 20.1. The molecule has 0 radical (unpaired) electrons. The van der Waals surface area contributed by atoms with Crippen molar-refractivity contribution in [3.05, 3.63) is 59.1 Å². The van der Waals surface area contributed by atoms with Gasteiger partial charge in [-0.3, -0.25) is 9.69 Å². The van der Waals surface area contributed by atoms with E-state index >= 15 is 0 Å². The first-order valence-electron chi connectivity index (χ1n) is 9.52. The lowest BCUT2D eigenvalue weighted by atomic mass is 9.75. The van der Waals surface area contributed by atoms with Crippen molar-refractivity contribution < 1.29 is 4.79 Å². The number of carbonyl (C=O) groups is 1. The van der Waals surface area contributed by atoms with Crippen LogP contribution in [0.5, 0.6) is 0 Å². The number of rotatable bonds is 3. The fourth-order valence-electron chi connectivity index (χ4n) is 4.01. The lowest BCUT2D eigenvalue weighted by Gasteiger charge is -2.43. The Morgan fingerprint density at radius 2 is 1.89 bits per heavy atom. The Hall–Kier alpha value is -2.78. The Morgan fingerprint density at radius 1 is 1.21 bits per heavy atom. The molecular formula is C22H22N4OS.